The molecule has 0 bridgehead atoms. The molecule has 0 radical (unpaired) electrons. The van der Waals surface area contributed by atoms with Gasteiger partial charge in [-0.15, -0.1) is 0 Å². The van der Waals surface area contributed by atoms with Crippen LogP contribution in [0.2, 0.25) is 0 Å². The number of piperidine rings is 1. The maximum atomic E-state index is 12.4. The van der Waals surface area contributed by atoms with Crippen molar-refractivity contribution < 1.29 is 9.72 Å². The van der Waals surface area contributed by atoms with Crippen molar-refractivity contribution in [2.75, 3.05) is 20.1 Å². The fourth-order valence-electron chi connectivity index (χ4n) is 2.37. The first kappa shape index (κ1) is 14.9. The highest BCUT2D eigenvalue weighted by Crippen LogP contribution is 2.23. The predicted octanol–water partition coefficient (Wildman–Crippen LogP) is 2.18. The van der Waals surface area contributed by atoms with E-state index in [0.29, 0.717) is 10.0 Å². The van der Waals surface area contributed by atoms with E-state index in [1.54, 1.807) is 18.0 Å². The normalized spacial score (nSPS) is 15.9. The maximum Gasteiger partial charge on any atom is 0.271 e. The molecule has 1 amide bonds. The third-order valence-electron chi connectivity index (χ3n) is 3.52. The lowest BCUT2D eigenvalue weighted by Gasteiger charge is -2.31. The number of nitrogens with one attached hydrogen (secondary N) is 1. The fraction of sp³-hybridized carbons (Fsp3) is 0.462. The largest absolute Gasteiger partial charge is 0.339 e. The van der Waals surface area contributed by atoms with Gasteiger partial charge in [-0.25, -0.2) is 0 Å². The van der Waals surface area contributed by atoms with Crippen LogP contribution in [0.1, 0.15) is 23.2 Å². The molecule has 0 aliphatic carbocycles. The summed E-state index contributed by atoms with van der Waals surface area (Å²) in [5.74, 6) is -0.179. The van der Waals surface area contributed by atoms with Crippen molar-refractivity contribution in [3.05, 3.63) is 38.3 Å². The average Bonchev–Trinajstić information content (AvgIpc) is 2.46. The number of hydrogen-bond acceptors (Lipinski definition) is 4. The molecular formula is C13H16BrN3O3. The van der Waals surface area contributed by atoms with Gasteiger partial charge < -0.3 is 10.2 Å². The summed E-state index contributed by atoms with van der Waals surface area (Å²) in [6.07, 6.45) is 1.80. The molecule has 0 saturated carbocycles. The van der Waals surface area contributed by atoms with Crippen molar-refractivity contribution in [1.82, 2.24) is 10.2 Å². The van der Waals surface area contributed by atoms with Crippen molar-refractivity contribution in [1.29, 1.82) is 0 Å². The van der Waals surface area contributed by atoms with Crippen molar-refractivity contribution >= 4 is 27.5 Å². The first-order chi connectivity index (χ1) is 9.49. The lowest BCUT2D eigenvalue weighted by atomic mass is 10.0. The maximum absolute atomic E-state index is 12.4. The van der Waals surface area contributed by atoms with Crippen LogP contribution in [0.25, 0.3) is 0 Å². The Morgan fingerprint density at radius 1 is 1.40 bits per heavy atom. The van der Waals surface area contributed by atoms with Crippen LogP contribution in [0.15, 0.2) is 22.7 Å². The molecule has 1 aliphatic heterocycles. The van der Waals surface area contributed by atoms with Gasteiger partial charge in [-0.3, -0.25) is 14.9 Å². The van der Waals surface area contributed by atoms with Crippen LogP contribution in [0.4, 0.5) is 5.69 Å². The number of carbonyl (C=O) groups is 1. The zero-order valence-corrected chi connectivity index (χ0v) is 12.7. The second-order valence-electron chi connectivity index (χ2n) is 4.85. The summed E-state index contributed by atoms with van der Waals surface area (Å²) in [4.78, 5) is 24.5. The summed E-state index contributed by atoms with van der Waals surface area (Å²) in [7, 11) is 1.76. The number of nitrogens with zero attached hydrogens (tertiary/aromatic N) is 2. The second kappa shape index (κ2) is 6.32. The monoisotopic (exact) mass is 341 g/mol. The van der Waals surface area contributed by atoms with E-state index in [0.717, 1.165) is 25.9 Å². The molecule has 0 aromatic heterocycles. The quantitative estimate of drug-likeness (QED) is 0.675. The lowest BCUT2D eigenvalue weighted by Crippen LogP contribution is -2.43. The molecular weight excluding hydrogens is 326 g/mol. The lowest BCUT2D eigenvalue weighted by molar-refractivity contribution is -0.385. The number of nitro benzene ring substituents is 1. The molecule has 1 N–H and O–H groups in total. The van der Waals surface area contributed by atoms with Crippen LogP contribution in [-0.4, -0.2) is 41.9 Å². The van der Waals surface area contributed by atoms with Gasteiger partial charge >= 0.3 is 0 Å². The minimum absolute atomic E-state index is 0.0820. The summed E-state index contributed by atoms with van der Waals surface area (Å²) in [5.41, 5.74) is 0.258. The highest BCUT2D eigenvalue weighted by atomic mass is 79.9. The number of benzene rings is 1. The molecule has 6 nitrogen and oxygen atoms in total. The number of rotatable bonds is 3. The first-order valence-corrected chi connectivity index (χ1v) is 7.21. The van der Waals surface area contributed by atoms with Crippen LogP contribution >= 0.6 is 15.9 Å². The van der Waals surface area contributed by atoms with Gasteiger partial charge in [0.15, 0.2) is 0 Å². The molecule has 1 aromatic rings. The predicted molar refractivity (Wildman–Crippen MR) is 78.8 cm³/mol. The smallest absolute Gasteiger partial charge is 0.271 e. The number of amides is 1. The van der Waals surface area contributed by atoms with E-state index in [-0.39, 0.29) is 17.6 Å². The Balaban J connectivity index is 2.21. The zero-order chi connectivity index (χ0) is 14.7. The number of nitro groups is 1. The standard InChI is InChI=1S/C13H16BrN3O3/c1-16(11-2-4-15-5-3-11)13(18)9-6-10(14)8-12(7-9)17(19)20/h6-8,11,15H,2-5H2,1H3. The van der Waals surface area contributed by atoms with Crippen molar-refractivity contribution in [3.63, 3.8) is 0 Å². The number of carbonyl (C=O) groups excluding carboxylic acids is 1. The van der Waals surface area contributed by atoms with E-state index in [1.165, 1.54) is 12.1 Å². The van der Waals surface area contributed by atoms with Crippen LogP contribution in [0, 0.1) is 10.1 Å². The molecule has 1 fully saturated rings. The summed E-state index contributed by atoms with van der Waals surface area (Å²) in [6.45, 7) is 1.78. The van der Waals surface area contributed by atoms with E-state index < -0.39 is 4.92 Å². The van der Waals surface area contributed by atoms with Gasteiger partial charge in [0.2, 0.25) is 0 Å². The van der Waals surface area contributed by atoms with Gasteiger partial charge in [0.25, 0.3) is 11.6 Å². The van der Waals surface area contributed by atoms with E-state index in [2.05, 4.69) is 21.2 Å². The first-order valence-electron chi connectivity index (χ1n) is 6.42. The van der Waals surface area contributed by atoms with Crippen LogP contribution in [0.3, 0.4) is 0 Å². The molecule has 0 unspecified atom stereocenters. The third-order valence-corrected chi connectivity index (χ3v) is 3.97. The van der Waals surface area contributed by atoms with Crippen LogP contribution in [0.5, 0.6) is 0 Å². The topological polar surface area (TPSA) is 75.5 Å². The molecule has 1 aliphatic rings. The van der Waals surface area contributed by atoms with Gasteiger partial charge in [-0.2, -0.15) is 0 Å². The Morgan fingerprint density at radius 3 is 2.65 bits per heavy atom. The minimum Gasteiger partial charge on any atom is -0.339 e. The molecule has 7 heteroatoms. The van der Waals surface area contributed by atoms with Crippen LogP contribution in [-0.2, 0) is 0 Å². The molecule has 2 rings (SSSR count). The second-order valence-corrected chi connectivity index (χ2v) is 5.77. The van der Waals surface area contributed by atoms with Gasteiger partial charge in [0, 0.05) is 35.3 Å². The molecule has 20 heavy (non-hydrogen) atoms. The molecule has 0 spiro atoms. The SMILES string of the molecule is CN(C(=O)c1cc(Br)cc([N+](=O)[O-])c1)C1CCNCC1. The van der Waals surface area contributed by atoms with Crippen molar-refractivity contribution in [3.8, 4) is 0 Å². The Morgan fingerprint density at radius 2 is 2.05 bits per heavy atom. The van der Waals surface area contributed by atoms with E-state index >= 15 is 0 Å². The molecule has 1 aromatic carbocycles. The number of hydrogen-bond donors (Lipinski definition) is 1. The summed E-state index contributed by atoms with van der Waals surface area (Å²) >= 11 is 3.21. The molecule has 1 saturated heterocycles. The Labute approximate surface area is 125 Å². The minimum atomic E-state index is -0.494. The fourth-order valence-corrected chi connectivity index (χ4v) is 2.85. The summed E-state index contributed by atoms with van der Waals surface area (Å²) in [5, 5.41) is 14.1. The van der Waals surface area contributed by atoms with E-state index in [4.69, 9.17) is 0 Å². The van der Waals surface area contributed by atoms with Crippen molar-refractivity contribution in [2.45, 2.75) is 18.9 Å². The van der Waals surface area contributed by atoms with Crippen LogP contribution < -0.4 is 5.32 Å². The molecule has 108 valence electrons. The van der Waals surface area contributed by atoms with Gasteiger partial charge in [0.05, 0.1) is 4.92 Å². The van der Waals surface area contributed by atoms with Crippen molar-refractivity contribution in [2.24, 2.45) is 0 Å². The van der Waals surface area contributed by atoms with Gasteiger partial charge in [0.1, 0.15) is 0 Å². The summed E-state index contributed by atoms with van der Waals surface area (Å²) < 4.78 is 0.536. The average molecular weight is 342 g/mol. The van der Waals surface area contributed by atoms with Gasteiger partial charge in [-0.1, -0.05) is 15.9 Å². The Hall–Kier alpha value is -1.47. The number of non-ortho nitro benzene ring substituents is 1. The Kier molecular flexibility index (Phi) is 4.72. The van der Waals surface area contributed by atoms with E-state index in [9.17, 15) is 14.9 Å². The van der Waals surface area contributed by atoms with E-state index in [1.807, 2.05) is 0 Å². The van der Waals surface area contributed by atoms with Gasteiger partial charge in [-0.05, 0) is 32.0 Å². The zero-order valence-electron chi connectivity index (χ0n) is 11.1. The molecule has 0 atom stereocenters. The highest BCUT2D eigenvalue weighted by molar-refractivity contribution is 9.10. The third kappa shape index (κ3) is 3.34. The Bertz CT molecular complexity index is 530. The molecule has 1 heterocycles. The summed E-state index contributed by atoms with van der Waals surface area (Å²) in [6, 6.07) is 4.51. The number of halogens is 1. The highest BCUT2D eigenvalue weighted by Gasteiger charge is 2.24.